The molecule has 19 heavy (non-hydrogen) atoms. The van der Waals surface area contributed by atoms with Crippen LogP contribution in [-0.2, 0) is 4.79 Å². The molecule has 1 aliphatic heterocycles. The number of hydrogen-bond donors (Lipinski definition) is 0. The lowest BCUT2D eigenvalue weighted by molar-refractivity contribution is -0.133. The zero-order chi connectivity index (χ0) is 13.4. The molecular formula is C13H20N4OS. The van der Waals surface area contributed by atoms with Gasteiger partial charge >= 0.3 is 0 Å². The van der Waals surface area contributed by atoms with Gasteiger partial charge in [0.05, 0.1) is 5.92 Å². The Bertz CT molecular complexity index is 469. The summed E-state index contributed by atoms with van der Waals surface area (Å²) in [4.78, 5) is 20.6. The first-order valence-corrected chi connectivity index (χ1v) is 7.72. The Morgan fingerprint density at radius 1 is 1.37 bits per heavy atom. The Labute approximate surface area is 117 Å². The maximum absolute atomic E-state index is 12.1. The Morgan fingerprint density at radius 2 is 2.16 bits per heavy atom. The summed E-state index contributed by atoms with van der Waals surface area (Å²) in [6, 6.07) is 0. The first-order valence-electron chi connectivity index (χ1n) is 6.95. The van der Waals surface area contributed by atoms with E-state index in [2.05, 4.69) is 14.3 Å². The van der Waals surface area contributed by atoms with Crippen LogP contribution in [0, 0.1) is 5.92 Å². The third-order valence-electron chi connectivity index (χ3n) is 3.86. The Morgan fingerprint density at radius 3 is 2.84 bits per heavy atom. The minimum absolute atomic E-state index is 0.108. The molecule has 6 heteroatoms. The summed E-state index contributed by atoms with van der Waals surface area (Å²) in [5, 5.41) is 0.998. The molecule has 1 aromatic rings. The van der Waals surface area contributed by atoms with Crippen molar-refractivity contribution in [3.05, 3.63) is 5.82 Å². The quantitative estimate of drug-likeness (QED) is 0.846. The number of anilines is 1. The largest absolute Gasteiger partial charge is 0.349 e. The van der Waals surface area contributed by atoms with Crippen molar-refractivity contribution in [2.45, 2.75) is 31.6 Å². The molecule has 2 fully saturated rings. The Kier molecular flexibility index (Phi) is 3.43. The highest BCUT2D eigenvalue weighted by Gasteiger charge is 2.31. The lowest BCUT2D eigenvalue weighted by Gasteiger charge is -2.32. The predicted molar refractivity (Wildman–Crippen MR) is 75.5 cm³/mol. The standard InChI is InChI=1S/C13H20N4OS/c1-16(2)12(18)10-4-3-7-17(8-10)13-14-11(15-19-13)9-5-6-9/h9-10H,3-8H2,1-2H3. The van der Waals surface area contributed by atoms with E-state index in [0.717, 1.165) is 36.9 Å². The average molecular weight is 280 g/mol. The maximum Gasteiger partial charge on any atom is 0.226 e. The molecule has 3 rings (SSSR count). The maximum atomic E-state index is 12.1. The fourth-order valence-electron chi connectivity index (χ4n) is 2.58. The van der Waals surface area contributed by atoms with Crippen molar-refractivity contribution in [2.75, 3.05) is 32.1 Å². The van der Waals surface area contributed by atoms with Crippen molar-refractivity contribution in [2.24, 2.45) is 5.92 Å². The van der Waals surface area contributed by atoms with Crippen molar-refractivity contribution < 1.29 is 4.79 Å². The molecule has 1 atom stereocenters. The predicted octanol–water partition coefficient (Wildman–Crippen LogP) is 1.72. The van der Waals surface area contributed by atoms with Gasteiger partial charge in [-0.25, -0.2) is 4.98 Å². The number of carbonyl (C=O) groups is 1. The number of rotatable bonds is 3. The molecule has 5 nitrogen and oxygen atoms in total. The zero-order valence-corrected chi connectivity index (χ0v) is 12.3. The molecule has 2 heterocycles. The van der Waals surface area contributed by atoms with Crippen LogP contribution in [0.5, 0.6) is 0 Å². The van der Waals surface area contributed by atoms with E-state index in [1.165, 1.54) is 24.4 Å². The van der Waals surface area contributed by atoms with Crippen molar-refractivity contribution in [1.82, 2.24) is 14.3 Å². The molecule has 1 aliphatic carbocycles. The normalized spacial score (nSPS) is 23.5. The van der Waals surface area contributed by atoms with Crippen LogP contribution in [0.25, 0.3) is 0 Å². The Hall–Kier alpha value is -1.17. The summed E-state index contributed by atoms with van der Waals surface area (Å²) in [5.74, 6) is 1.96. The van der Waals surface area contributed by atoms with Crippen molar-refractivity contribution in [1.29, 1.82) is 0 Å². The van der Waals surface area contributed by atoms with Crippen molar-refractivity contribution >= 4 is 22.6 Å². The summed E-state index contributed by atoms with van der Waals surface area (Å²) in [6.45, 7) is 1.78. The van der Waals surface area contributed by atoms with Gasteiger partial charge in [0.1, 0.15) is 5.82 Å². The molecule has 1 saturated heterocycles. The van der Waals surface area contributed by atoms with E-state index >= 15 is 0 Å². The minimum Gasteiger partial charge on any atom is -0.349 e. The lowest BCUT2D eigenvalue weighted by atomic mass is 9.97. The molecule has 2 aliphatic rings. The van der Waals surface area contributed by atoms with Crippen LogP contribution in [0.4, 0.5) is 5.13 Å². The van der Waals surface area contributed by atoms with Gasteiger partial charge in [0, 0.05) is 44.6 Å². The SMILES string of the molecule is CN(C)C(=O)C1CCCN(c2nc(C3CC3)ns2)C1. The van der Waals surface area contributed by atoms with E-state index in [1.54, 1.807) is 4.90 Å². The van der Waals surface area contributed by atoms with E-state index in [0.29, 0.717) is 5.92 Å². The second-order valence-corrected chi connectivity index (χ2v) is 6.46. The summed E-state index contributed by atoms with van der Waals surface area (Å²) in [6.07, 6.45) is 4.51. The van der Waals surface area contributed by atoms with Gasteiger partial charge in [-0.2, -0.15) is 4.37 Å². The molecule has 0 aromatic carbocycles. The zero-order valence-electron chi connectivity index (χ0n) is 11.5. The molecule has 1 unspecified atom stereocenters. The lowest BCUT2D eigenvalue weighted by Crippen LogP contribution is -2.42. The fraction of sp³-hybridized carbons (Fsp3) is 0.769. The highest BCUT2D eigenvalue weighted by atomic mass is 32.1. The van der Waals surface area contributed by atoms with E-state index in [-0.39, 0.29) is 11.8 Å². The average Bonchev–Trinajstić information content (AvgIpc) is 3.15. The third-order valence-corrected chi connectivity index (χ3v) is 4.65. The Balaban J connectivity index is 1.68. The number of aromatic nitrogens is 2. The van der Waals surface area contributed by atoms with Crippen LogP contribution in [0.3, 0.4) is 0 Å². The number of amides is 1. The summed E-state index contributed by atoms with van der Waals surface area (Å²) < 4.78 is 4.45. The molecule has 0 radical (unpaired) electrons. The summed E-state index contributed by atoms with van der Waals surface area (Å²) in [5.41, 5.74) is 0. The first kappa shape index (κ1) is 12.8. The smallest absolute Gasteiger partial charge is 0.226 e. The number of carbonyl (C=O) groups excluding carboxylic acids is 1. The van der Waals surface area contributed by atoms with E-state index < -0.39 is 0 Å². The van der Waals surface area contributed by atoms with Gasteiger partial charge in [-0.15, -0.1) is 0 Å². The van der Waals surface area contributed by atoms with Crippen LogP contribution in [0.15, 0.2) is 0 Å². The molecule has 0 bridgehead atoms. The van der Waals surface area contributed by atoms with Gasteiger partial charge in [-0.1, -0.05) is 0 Å². The van der Waals surface area contributed by atoms with Gasteiger partial charge in [0.2, 0.25) is 11.0 Å². The minimum atomic E-state index is 0.108. The topological polar surface area (TPSA) is 49.3 Å². The second kappa shape index (κ2) is 5.07. The monoisotopic (exact) mass is 280 g/mol. The molecule has 1 amide bonds. The van der Waals surface area contributed by atoms with Gasteiger partial charge in [0.25, 0.3) is 0 Å². The summed E-state index contributed by atoms with van der Waals surface area (Å²) >= 11 is 1.49. The number of nitrogens with zero attached hydrogens (tertiary/aromatic N) is 4. The van der Waals surface area contributed by atoms with E-state index in [9.17, 15) is 4.79 Å². The number of hydrogen-bond acceptors (Lipinski definition) is 5. The molecule has 0 spiro atoms. The second-order valence-electron chi connectivity index (χ2n) is 5.73. The van der Waals surface area contributed by atoms with Crippen LogP contribution in [0.2, 0.25) is 0 Å². The molecule has 0 N–H and O–H groups in total. The van der Waals surface area contributed by atoms with Gasteiger partial charge < -0.3 is 9.80 Å². The third kappa shape index (κ3) is 2.73. The van der Waals surface area contributed by atoms with Crippen molar-refractivity contribution in [3.8, 4) is 0 Å². The van der Waals surface area contributed by atoms with Crippen LogP contribution >= 0.6 is 11.5 Å². The van der Waals surface area contributed by atoms with Gasteiger partial charge in [0.15, 0.2) is 0 Å². The number of piperidine rings is 1. The van der Waals surface area contributed by atoms with Gasteiger partial charge in [-0.3, -0.25) is 4.79 Å². The van der Waals surface area contributed by atoms with Crippen LogP contribution < -0.4 is 4.90 Å². The molecule has 1 saturated carbocycles. The van der Waals surface area contributed by atoms with E-state index in [1.807, 2.05) is 14.1 Å². The molecule has 104 valence electrons. The molecule has 1 aromatic heterocycles. The van der Waals surface area contributed by atoms with Crippen LogP contribution in [0.1, 0.15) is 37.4 Å². The summed E-state index contributed by atoms with van der Waals surface area (Å²) in [7, 11) is 3.66. The highest BCUT2D eigenvalue weighted by Crippen LogP contribution is 2.40. The van der Waals surface area contributed by atoms with Crippen molar-refractivity contribution in [3.63, 3.8) is 0 Å². The van der Waals surface area contributed by atoms with E-state index in [4.69, 9.17) is 0 Å². The molecular weight excluding hydrogens is 260 g/mol. The van der Waals surface area contributed by atoms with Gasteiger partial charge in [-0.05, 0) is 25.7 Å². The highest BCUT2D eigenvalue weighted by molar-refractivity contribution is 7.09. The van der Waals surface area contributed by atoms with Crippen LogP contribution in [-0.4, -0.2) is 47.3 Å². The fourth-order valence-corrected chi connectivity index (χ4v) is 3.36. The first-order chi connectivity index (χ1) is 9.15.